The lowest BCUT2D eigenvalue weighted by molar-refractivity contribution is -0.0124. The van der Waals surface area contributed by atoms with Crippen LogP contribution < -0.4 is 0 Å². The standard InChI is InChI=1S/C17H20ClN3O2/c1-11-10-20(8-9-23-11)17(22)14-4-6-15(7-5-14)21-13(3)16(18)12(2)19-21/h4-7,11H,8-10H2,1-3H3/t11-/m0/s1. The van der Waals surface area contributed by atoms with E-state index in [0.717, 1.165) is 17.1 Å². The number of halogens is 1. The van der Waals surface area contributed by atoms with Crippen LogP contribution in [0.25, 0.3) is 5.69 Å². The maximum atomic E-state index is 12.5. The number of aromatic nitrogens is 2. The Morgan fingerprint density at radius 1 is 1.30 bits per heavy atom. The molecule has 0 aliphatic carbocycles. The molecule has 1 aliphatic rings. The highest BCUT2D eigenvalue weighted by Gasteiger charge is 2.22. The second-order valence-corrected chi connectivity index (χ2v) is 6.25. The van der Waals surface area contributed by atoms with Crippen molar-refractivity contribution in [1.82, 2.24) is 14.7 Å². The summed E-state index contributed by atoms with van der Waals surface area (Å²) >= 11 is 6.19. The van der Waals surface area contributed by atoms with E-state index in [-0.39, 0.29) is 12.0 Å². The van der Waals surface area contributed by atoms with Gasteiger partial charge in [0.05, 0.1) is 34.8 Å². The third-order valence-corrected chi connectivity index (χ3v) is 4.64. The SMILES string of the molecule is Cc1nn(-c2ccc(C(=O)N3CCO[C@@H](C)C3)cc2)c(C)c1Cl. The van der Waals surface area contributed by atoms with Crippen molar-refractivity contribution in [2.75, 3.05) is 19.7 Å². The molecule has 1 atom stereocenters. The molecule has 1 aromatic carbocycles. The Balaban J connectivity index is 1.81. The van der Waals surface area contributed by atoms with Crippen molar-refractivity contribution in [3.8, 4) is 5.69 Å². The van der Waals surface area contributed by atoms with Crippen LogP contribution in [-0.4, -0.2) is 46.4 Å². The molecule has 0 bridgehead atoms. The van der Waals surface area contributed by atoms with Crippen molar-refractivity contribution in [2.45, 2.75) is 26.9 Å². The number of benzene rings is 1. The average Bonchev–Trinajstić information content (AvgIpc) is 2.82. The molecule has 0 saturated carbocycles. The average molecular weight is 334 g/mol. The van der Waals surface area contributed by atoms with Gasteiger partial charge >= 0.3 is 0 Å². The van der Waals surface area contributed by atoms with E-state index in [1.807, 2.05) is 49.9 Å². The molecule has 5 nitrogen and oxygen atoms in total. The third kappa shape index (κ3) is 3.12. The molecule has 1 fully saturated rings. The Morgan fingerprint density at radius 3 is 2.57 bits per heavy atom. The van der Waals surface area contributed by atoms with Crippen molar-refractivity contribution < 1.29 is 9.53 Å². The molecule has 6 heteroatoms. The molecule has 0 radical (unpaired) electrons. The largest absolute Gasteiger partial charge is 0.375 e. The molecule has 3 rings (SSSR count). The van der Waals surface area contributed by atoms with Crippen molar-refractivity contribution in [3.63, 3.8) is 0 Å². The number of aryl methyl sites for hydroxylation is 1. The van der Waals surface area contributed by atoms with Gasteiger partial charge in [0.2, 0.25) is 0 Å². The summed E-state index contributed by atoms with van der Waals surface area (Å²) in [6.45, 7) is 7.65. The summed E-state index contributed by atoms with van der Waals surface area (Å²) in [4.78, 5) is 14.4. The molecule has 1 saturated heterocycles. The first-order valence-corrected chi connectivity index (χ1v) is 8.08. The van der Waals surface area contributed by atoms with Crippen LogP contribution in [-0.2, 0) is 4.74 Å². The molecular weight excluding hydrogens is 314 g/mol. The zero-order valence-corrected chi connectivity index (χ0v) is 14.3. The molecular formula is C17H20ClN3O2. The Labute approximate surface area is 140 Å². The molecule has 1 aliphatic heterocycles. The number of ether oxygens (including phenoxy) is 1. The molecule has 0 spiro atoms. The van der Waals surface area contributed by atoms with Gasteiger partial charge in [-0.15, -0.1) is 0 Å². The van der Waals surface area contributed by atoms with Crippen molar-refractivity contribution in [3.05, 3.63) is 46.2 Å². The maximum Gasteiger partial charge on any atom is 0.254 e. The summed E-state index contributed by atoms with van der Waals surface area (Å²) in [5.41, 5.74) is 3.26. The summed E-state index contributed by atoms with van der Waals surface area (Å²) in [7, 11) is 0. The fourth-order valence-corrected chi connectivity index (χ4v) is 2.92. The van der Waals surface area contributed by atoms with E-state index in [9.17, 15) is 4.79 Å². The van der Waals surface area contributed by atoms with Crippen LogP contribution in [0.1, 0.15) is 28.7 Å². The van der Waals surface area contributed by atoms with Gasteiger partial charge in [-0.3, -0.25) is 4.79 Å². The predicted octanol–water partition coefficient (Wildman–Crippen LogP) is 3.00. The monoisotopic (exact) mass is 333 g/mol. The second kappa shape index (κ2) is 6.34. The molecule has 1 aromatic heterocycles. The first kappa shape index (κ1) is 16.0. The Hall–Kier alpha value is -1.85. The van der Waals surface area contributed by atoms with E-state index in [1.54, 1.807) is 4.68 Å². The van der Waals surface area contributed by atoms with Crippen LogP contribution in [0.3, 0.4) is 0 Å². The van der Waals surface area contributed by atoms with Gasteiger partial charge in [-0.25, -0.2) is 4.68 Å². The van der Waals surface area contributed by atoms with E-state index >= 15 is 0 Å². The highest BCUT2D eigenvalue weighted by molar-refractivity contribution is 6.31. The van der Waals surface area contributed by atoms with Gasteiger partial charge in [-0.2, -0.15) is 5.10 Å². The first-order chi connectivity index (χ1) is 11.0. The van der Waals surface area contributed by atoms with Crippen molar-refractivity contribution in [2.24, 2.45) is 0 Å². The van der Waals surface area contributed by atoms with E-state index < -0.39 is 0 Å². The summed E-state index contributed by atoms with van der Waals surface area (Å²) in [5.74, 6) is 0.0399. The topological polar surface area (TPSA) is 47.4 Å². The van der Waals surface area contributed by atoms with Crippen LogP contribution in [0, 0.1) is 13.8 Å². The number of hydrogen-bond acceptors (Lipinski definition) is 3. The highest BCUT2D eigenvalue weighted by Crippen LogP contribution is 2.22. The number of hydrogen-bond donors (Lipinski definition) is 0. The lowest BCUT2D eigenvalue weighted by Gasteiger charge is -2.31. The molecule has 0 N–H and O–H groups in total. The van der Waals surface area contributed by atoms with E-state index in [2.05, 4.69) is 5.10 Å². The minimum absolute atomic E-state index is 0.0399. The summed E-state index contributed by atoms with van der Waals surface area (Å²) in [5, 5.41) is 5.10. The number of morpholine rings is 1. The Morgan fingerprint density at radius 2 is 2.00 bits per heavy atom. The minimum atomic E-state index is 0.0399. The van der Waals surface area contributed by atoms with Gasteiger partial charge < -0.3 is 9.64 Å². The molecule has 1 amide bonds. The van der Waals surface area contributed by atoms with E-state index in [0.29, 0.717) is 30.3 Å². The van der Waals surface area contributed by atoms with Gasteiger partial charge in [0.15, 0.2) is 0 Å². The van der Waals surface area contributed by atoms with Crippen molar-refractivity contribution in [1.29, 1.82) is 0 Å². The quantitative estimate of drug-likeness (QED) is 0.848. The fraction of sp³-hybridized carbons (Fsp3) is 0.412. The van der Waals surface area contributed by atoms with Crippen LogP contribution >= 0.6 is 11.6 Å². The van der Waals surface area contributed by atoms with Crippen LogP contribution in [0.5, 0.6) is 0 Å². The molecule has 0 unspecified atom stereocenters. The molecule has 2 heterocycles. The van der Waals surface area contributed by atoms with Crippen LogP contribution in [0.4, 0.5) is 0 Å². The normalized spacial score (nSPS) is 18.3. The fourth-order valence-electron chi connectivity index (χ4n) is 2.81. The van der Waals surface area contributed by atoms with Gasteiger partial charge in [-0.05, 0) is 45.0 Å². The van der Waals surface area contributed by atoms with Gasteiger partial charge in [0.1, 0.15) is 0 Å². The summed E-state index contributed by atoms with van der Waals surface area (Å²) < 4.78 is 7.27. The maximum absolute atomic E-state index is 12.5. The first-order valence-electron chi connectivity index (χ1n) is 7.70. The summed E-state index contributed by atoms with van der Waals surface area (Å²) in [6, 6.07) is 7.46. The lowest BCUT2D eigenvalue weighted by atomic mass is 10.1. The van der Waals surface area contributed by atoms with Gasteiger partial charge in [0.25, 0.3) is 5.91 Å². The Bertz CT molecular complexity index is 724. The highest BCUT2D eigenvalue weighted by atomic mass is 35.5. The number of nitrogens with zero attached hydrogens (tertiary/aromatic N) is 3. The zero-order chi connectivity index (χ0) is 16.6. The third-order valence-electron chi connectivity index (χ3n) is 4.09. The summed E-state index contributed by atoms with van der Waals surface area (Å²) in [6.07, 6.45) is 0.0869. The van der Waals surface area contributed by atoms with Crippen LogP contribution in [0.2, 0.25) is 5.02 Å². The number of carbonyl (C=O) groups excluding carboxylic acids is 1. The predicted molar refractivity (Wildman–Crippen MR) is 89.4 cm³/mol. The zero-order valence-electron chi connectivity index (χ0n) is 13.5. The second-order valence-electron chi connectivity index (χ2n) is 5.88. The van der Waals surface area contributed by atoms with Gasteiger partial charge in [-0.1, -0.05) is 11.6 Å². The van der Waals surface area contributed by atoms with Gasteiger partial charge in [0, 0.05) is 18.7 Å². The van der Waals surface area contributed by atoms with E-state index in [4.69, 9.17) is 16.3 Å². The van der Waals surface area contributed by atoms with Crippen LogP contribution in [0.15, 0.2) is 24.3 Å². The number of carbonyl (C=O) groups is 1. The number of amides is 1. The molecule has 2 aromatic rings. The molecule has 122 valence electrons. The Kier molecular flexibility index (Phi) is 4.41. The molecule has 23 heavy (non-hydrogen) atoms. The smallest absolute Gasteiger partial charge is 0.254 e. The van der Waals surface area contributed by atoms with E-state index in [1.165, 1.54) is 0 Å². The number of rotatable bonds is 2. The lowest BCUT2D eigenvalue weighted by Crippen LogP contribution is -2.44. The minimum Gasteiger partial charge on any atom is -0.375 e. The van der Waals surface area contributed by atoms with Crippen molar-refractivity contribution >= 4 is 17.5 Å².